The summed E-state index contributed by atoms with van der Waals surface area (Å²) in [5.41, 5.74) is -0.218. The second kappa shape index (κ2) is 8.48. The van der Waals surface area contributed by atoms with Gasteiger partial charge in [-0.25, -0.2) is 0 Å². The third kappa shape index (κ3) is 9.12. The van der Waals surface area contributed by atoms with Crippen molar-refractivity contribution in [2.24, 2.45) is 0 Å². The van der Waals surface area contributed by atoms with Crippen LogP contribution in [-0.4, -0.2) is 37.2 Å². The summed E-state index contributed by atoms with van der Waals surface area (Å²) >= 11 is 0. The average Bonchev–Trinajstić information content (AvgIpc) is 2.16. The van der Waals surface area contributed by atoms with Crippen molar-refractivity contribution in [1.82, 2.24) is 10.6 Å². The number of rotatable bonds is 9. The van der Waals surface area contributed by atoms with Gasteiger partial charge in [0.2, 0.25) is 5.91 Å². The number of amides is 1. The predicted molar refractivity (Wildman–Crippen MR) is 71.1 cm³/mol. The van der Waals surface area contributed by atoms with Gasteiger partial charge < -0.3 is 15.4 Å². The fourth-order valence-electron chi connectivity index (χ4n) is 1.75. The third-order valence-electron chi connectivity index (χ3n) is 2.50. The van der Waals surface area contributed by atoms with Crippen LogP contribution in [0.25, 0.3) is 0 Å². The quantitative estimate of drug-likeness (QED) is 0.649. The molecule has 0 aromatic rings. The SMILES string of the molecule is CCCC(C)NC(=O)CNCC(C)(C)OCC. The van der Waals surface area contributed by atoms with E-state index in [1.165, 1.54) is 0 Å². The van der Waals surface area contributed by atoms with Crippen LogP contribution in [0.4, 0.5) is 0 Å². The predicted octanol–water partition coefficient (Wildman–Crippen LogP) is 1.70. The average molecular weight is 244 g/mol. The summed E-state index contributed by atoms with van der Waals surface area (Å²) in [7, 11) is 0. The topological polar surface area (TPSA) is 50.4 Å². The first kappa shape index (κ1) is 16.4. The molecule has 0 heterocycles. The molecule has 0 rings (SSSR count). The van der Waals surface area contributed by atoms with Gasteiger partial charge in [-0.15, -0.1) is 0 Å². The summed E-state index contributed by atoms with van der Waals surface area (Å²) in [4.78, 5) is 11.6. The van der Waals surface area contributed by atoms with E-state index in [0.29, 0.717) is 19.7 Å². The van der Waals surface area contributed by atoms with Gasteiger partial charge in [-0.05, 0) is 34.1 Å². The van der Waals surface area contributed by atoms with E-state index in [9.17, 15) is 4.79 Å². The Bertz CT molecular complexity index is 217. The van der Waals surface area contributed by atoms with Crippen LogP contribution < -0.4 is 10.6 Å². The van der Waals surface area contributed by atoms with Gasteiger partial charge in [-0.3, -0.25) is 4.79 Å². The fourth-order valence-corrected chi connectivity index (χ4v) is 1.75. The molecule has 0 fully saturated rings. The van der Waals surface area contributed by atoms with Crippen molar-refractivity contribution in [3.63, 3.8) is 0 Å². The molecule has 17 heavy (non-hydrogen) atoms. The molecule has 4 heteroatoms. The number of nitrogens with one attached hydrogen (secondary N) is 2. The zero-order valence-electron chi connectivity index (χ0n) is 11.9. The zero-order valence-corrected chi connectivity index (χ0v) is 11.9. The maximum absolute atomic E-state index is 11.6. The second-order valence-electron chi connectivity index (χ2n) is 5.05. The molecule has 0 aromatic carbocycles. The zero-order chi connectivity index (χ0) is 13.3. The molecule has 1 amide bonds. The first-order chi connectivity index (χ1) is 7.91. The van der Waals surface area contributed by atoms with E-state index in [0.717, 1.165) is 12.8 Å². The lowest BCUT2D eigenvalue weighted by Gasteiger charge is -2.25. The van der Waals surface area contributed by atoms with Gasteiger partial charge >= 0.3 is 0 Å². The molecule has 0 bridgehead atoms. The highest BCUT2D eigenvalue weighted by Gasteiger charge is 2.17. The first-order valence-corrected chi connectivity index (χ1v) is 6.55. The summed E-state index contributed by atoms with van der Waals surface area (Å²) in [6, 6.07) is 0.259. The van der Waals surface area contributed by atoms with Gasteiger partial charge in [0.1, 0.15) is 0 Å². The lowest BCUT2D eigenvalue weighted by Crippen LogP contribution is -2.44. The number of carbonyl (C=O) groups is 1. The maximum Gasteiger partial charge on any atom is 0.234 e. The van der Waals surface area contributed by atoms with E-state index < -0.39 is 0 Å². The van der Waals surface area contributed by atoms with E-state index in [1.807, 2.05) is 27.7 Å². The summed E-state index contributed by atoms with van der Waals surface area (Å²) in [5.74, 6) is 0.0539. The van der Waals surface area contributed by atoms with E-state index in [1.54, 1.807) is 0 Å². The van der Waals surface area contributed by atoms with Crippen LogP contribution in [0.5, 0.6) is 0 Å². The molecule has 2 N–H and O–H groups in total. The van der Waals surface area contributed by atoms with Crippen LogP contribution in [0.15, 0.2) is 0 Å². The van der Waals surface area contributed by atoms with Gasteiger partial charge in [0.05, 0.1) is 12.1 Å². The van der Waals surface area contributed by atoms with Crippen LogP contribution >= 0.6 is 0 Å². The normalized spacial score (nSPS) is 13.5. The molecule has 0 aliphatic rings. The number of hydrogen-bond donors (Lipinski definition) is 2. The minimum Gasteiger partial charge on any atom is -0.375 e. The van der Waals surface area contributed by atoms with Gasteiger partial charge in [0.25, 0.3) is 0 Å². The molecule has 1 unspecified atom stereocenters. The van der Waals surface area contributed by atoms with Gasteiger partial charge in [-0.1, -0.05) is 13.3 Å². The maximum atomic E-state index is 11.6. The van der Waals surface area contributed by atoms with Crippen molar-refractivity contribution >= 4 is 5.91 Å². The smallest absolute Gasteiger partial charge is 0.234 e. The summed E-state index contributed by atoms with van der Waals surface area (Å²) in [5, 5.41) is 6.08. The van der Waals surface area contributed by atoms with Gasteiger partial charge in [0, 0.05) is 19.2 Å². The van der Waals surface area contributed by atoms with E-state index >= 15 is 0 Å². The second-order valence-corrected chi connectivity index (χ2v) is 5.05. The Morgan fingerprint density at radius 1 is 1.35 bits per heavy atom. The van der Waals surface area contributed by atoms with E-state index in [4.69, 9.17) is 4.74 Å². The first-order valence-electron chi connectivity index (χ1n) is 6.55. The largest absolute Gasteiger partial charge is 0.375 e. The Morgan fingerprint density at radius 2 is 2.00 bits per heavy atom. The lowest BCUT2D eigenvalue weighted by atomic mass is 10.1. The molecule has 0 spiro atoms. The molecule has 0 saturated carbocycles. The summed E-state index contributed by atoms with van der Waals surface area (Å²) in [6.45, 7) is 11.9. The molecule has 0 aliphatic heterocycles. The van der Waals surface area contributed by atoms with Crippen molar-refractivity contribution in [1.29, 1.82) is 0 Å². The minimum atomic E-state index is -0.218. The van der Waals surface area contributed by atoms with E-state index in [-0.39, 0.29) is 17.6 Å². The van der Waals surface area contributed by atoms with Crippen molar-refractivity contribution in [3.8, 4) is 0 Å². The van der Waals surface area contributed by atoms with Crippen LogP contribution in [0.2, 0.25) is 0 Å². The third-order valence-corrected chi connectivity index (χ3v) is 2.50. The Morgan fingerprint density at radius 3 is 2.53 bits per heavy atom. The molecular weight excluding hydrogens is 216 g/mol. The summed E-state index contributed by atoms with van der Waals surface area (Å²) < 4.78 is 5.54. The number of carbonyl (C=O) groups excluding carboxylic acids is 1. The van der Waals surface area contributed by atoms with E-state index in [2.05, 4.69) is 17.6 Å². The van der Waals surface area contributed by atoms with Crippen LogP contribution in [0.1, 0.15) is 47.5 Å². The highest BCUT2D eigenvalue weighted by atomic mass is 16.5. The van der Waals surface area contributed by atoms with Crippen LogP contribution in [0, 0.1) is 0 Å². The van der Waals surface area contributed by atoms with Crippen LogP contribution in [-0.2, 0) is 9.53 Å². The van der Waals surface area contributed by atoms with Crippen molar-refractivity contribution in [2.75, 3.05) is 19.7 Å². The molecule has 0 aliphatic carbocycles. The highest BCUT2D eigenvalue weighted by Crippen LogP contribution is 2.06. The van der Waals surface area contributed by atoms with Crippen LogP contribution in [0.3, 0.4) is 0 Å². The molecular formula is C13H28N2O2. The monoisotopic (exact) mass is 244 g/mol. The Kier molecular flexibility index (Phi) is 8.17. The Balaban J connectivity index is 3.70. The number of ether oxygens (including phenoxy) is 1. The van der Waals surface area contributed by atoms with Crippen molar-refractivity contribution in [3.05, 3.63) is 0 Å². The fraction of sp³-hybridized carbons (Fsp3) is 0.923. The highest BCUT2D eigenvalue weighted by molar-refractivity contribution is 5.78. The minimum absolute atomic E-state index is 0.0539. The van der Waals surface area contributed by atoms with Gasteiger partial charge in [-0.2, -0.15) is 0 Å². The molecule has 0 aromatic heterocycles. The Hall–Kier alpha value is -0.610. The Labute approximate surface area is 105 Å². The molecule has 4 nitrogen and oxygen atoms in total. The lowest BCUT2D eigenvalue weighted by molar-refractivity contribution is -0.121. The summed E-state index contributed by atoms with van der Waals surface area (Å²) in [6.07, 6.45) is 2.11. The van der Waals surface area contributed by atoms with Crippen molar-refractivity contribution in [2.45, 2.75) is 59.1 Å². The standard InChI is InChI=1S/C13H28N2O2/c1-6-8-11(3)15-12(16)9-14-10-13(4,5)17-7-2/h11,14H,6-10H2,1-5H3,(H,15,16). The molecule has 102 valence electrons. The molecule has 1 atom stereocenters. The molecule has 0 saturated heterocycles. The van der Waals surface area contributed by atoms with Gasteiger partial charge in [0.15, 0.2) is 0 Å². The number of hydrogen-bond acceptors (Lipinski definition) is 3. The molecule has 0 radical (unpaired) electrons. The van der Waals surface area contributed by atoms with Crippen molar-refractivity contribution < 1.29 is 9.53 Å².